The standard InChI is InChI=1S/C12H9BrClFN2/c1-7-4-8(13)6-16-12(7)17-11-3-2-9(14)5-10(11)15/h2-6H,1H3,(H,16,17). The van der Waals surface area contributed by atoms with E-state index >= 15 is 0 Å². The third-order valence-corrected chi connectivity index (χ3v) is 2.90. The molecule has 0 unspecified atom stereocenters. The van der Waals surface area contributed by atoms with Crippen LogP contribution in [0.25, 0.3) is 0 Å². The van der Waals surface area contributed by atoms with E-state index in [4.69, 9.17) is 11.6 Å². The molecule has 0 aliphatic rings. The van der Waals surface area contributed by atoms with Gasteiger partial charge in [-0.1, -0.05) is 11.6 Å². The van der Waals surface area contributed by atoms with E-state index in [0.717, 1.165) is 10.0 Å². The SMILES string of the molecule is Cc1cc(Br)cnc1Nc1ccc(Cl)cc1F. The first-order chi connectivity index (χ1) is 8.06. The van der Waals surface area contributed by atoms with Gasteiger partial charge in [0.2, 0.25) is 0 Å². The van der Waals surface area contributed by atoms with Crippen LogP contribution in [0, 0.1) is 12.7 Å². The van der Waals surface area contributed by atoms with Crippen molar-refractivity contribution >= 4 is 39.0 Å². The summed E-state index contributed by atoms with van der Waals surface area (Å²) < 4.78 is 14.4. The summed E-state index contributed by atoms with van der Waals surface area (Å²) in [6.07, 6.45) is 1.66. The molecule has 1 aromatic heterocycles. The Balaban J connectivity index is 2.31. The van der Waals surface area contributed by atoms with Gasteiger partial charge in [-0.15, -0.1) is 0 Å². The fraction of sp³-hybridized carbons (Fsp3) is 0.0833. The highest BCUT2D eigenvalue weighted by molar-refractivity contribution is 9.10. The van der Waals surface area contributed by atoms with Crippen LogP contribution in [0.15, 0.2) is 34.9 Å². The largest absolute Gasteiger partial charge is 0.338 e. The fourth-order valence-corrected chi connectivity index (χ4v) is 1.99. The molecule has 0 saturated heterocycles. The minimum atomic E-state index is -0.401. The van der Waals surface area contributed by atoms with Crippen LogP contribution in [0.3, 0.4) is 0 Å². The number of rotatable bonds is 2. The van der Waals surface area contributed by atoms with E-state index in [1.54, 1.807) is 18.3 Å². The third-order valence-electron chi connectivity index (χ3n) is 2.23. The molecule has 0 fully saturated rings. The topological polar surface area (TPSA) is 24.9 Å². The lowest BCUT2D eigenvalue weighted by molar-refractivity contribution is 0.632. The zero-order valence-electron chi connectivity index (χ0n) is 8.97. The van der Waals surface area contributed by atoms with Gasteiger partial charge < -0.3 is 5.32 Å². The molecular weight excluding hydrogens is 307 g/mol. The van der Waals surface area contributed by atoms with Gasteiger partial charge in [0.05, 0.1) is 5.69 Å². The maximum atomic E-state index is 13.6. The van der Waals surface area contributed by atoms with Crippen molar-refractivity contribution in [2.24, 2.45) is 0 Å². The van der Waals surface area contributed by atoms with Crippen molar-refractivity contribution in [2.45, 2.75) is 6.92 Å². The fourth-order valence-electron chi connectivity index (χ4n) is 1.39. The second-order valence-corrected chi connectivity index (χ2v) is 4.92. The van der Waals surface area contributed by atoms with E-state index in [1.165, 1.54) is 6.07 Å². The van der Waals surface area contributed by atoms with Crippen LogP contribution in [-0.4, -0.2) is 4.98 Å². The molecule has 0 atom stereocenters. The lowest BCUT2D eigenvalue weighted by Gasteiger charge is -2.09. The lowest BCUT2D eigenvalue weighted by atomic mass is 10.2. The van der Waals surface area contributed by atoms with E-state index < -0.39 is 5.82 Å². The van der Waals surface area contributed by atoms with Crippen molar-refractivity contribution in [1.82, 2.24) is 4.98 Å². The molecule has 0 aliphatic heterocycles. The Kier molecular flexibility index (Phi) is 3.64. The molecule has 1 N–H and O–H groups in total. The van der Waals surface area contributed by atoms with Gasteiger partial charge in [-0.05, 0) is 52.7 Å². The predicted octanol–water partition coefficient (Wildman–Crippen LogP) is 4.69. The Bertz CT molecular complexity index is 511. The Morgan fingerprint density at radius 1 is 1.35 bits per heavy atom. The Morgan fingerprint density at radius 2 is 2.12 bits per heavy atom. The average Bonchev–Trinajstić information content (AvgIpc) is 2.25. The zero-order valence-corrected chi connectivity index (χ0v) is 11.3. The molecule has 0 aliphatic carbocycles. The lowest BCUT2D eigenvalue weighted by Crippen LogP contribution is -1.98. The number of pyridine rings is 1. The molecule has 2 nitrogen and oxygen atoms in total. The Morgan fingerprint density at radius 3 is 2.76 bits per heavy atom. The number of nitrogens with one attached hydrogen (secondary N) is 1. The second-order valence-electron chi connectivity index (χ2n) is 3.57. The number of hydrogen-bond acceptors (Lipinski definition) is 2. The van der Waals surface area contributed by atoms with Gasteiger partial charge in [-0.3, -0.25) is 0 Å². The Labute approximate surface area is 112 Å². The van der Waals surface area contributed by atoms with Gasteiger partial charge >= 0.3 is 0 Å². The number of anilines is 2. The van der Waals surface area contributed by atoms with Crippen LogP contribution >= 0.6 is 27.5 Å². The van der Waals surface area contributed by atoms with Crippen LogP contribution < -0.4 is 5.32 Å². The number of hydrogen-bond donors (Lipinski definition) is 1. The number of halogens is 3. The molecule has 1 heterocycles. The van der Waals surface area contributed by atoms with Gasteiger partial charge in [0.1, 0.15) is 11.6 Å². The van der Waals surface area contributed by atoms with Crippen LogP contribution in [0.1, 0.15) is 5.56 Å². The highest BCUT2D eigenvalue weighted by atomic mass is 79.9. The van der Waals surface area contributed by atoms with Gasteiger partial charge in [-0.25, -0.2) is 9.37 Å². The van der Waals surface area contributed by atoms with Crippen molar-refractivity contribution in [3.05, 3.63) is 51.3 Å². The Hall–Kier alpha value is -1.13. The summed E-state index contributed by atoms with van der Waals surface area (Å²) in [5.74, 6) is 0.219. The van der Waals surface area contributed by atoms with Crippen molar-refractivity contribution in [2.75, 3.05) is 5.32 Å². The molecule has 0 amide bonds. The van der Waals surface area contributed by atoms with Crippen LogP contribution in [0.4, 0.5) is 15.9 Å². The molecule has 5 heteroatoms. The highest BCUT2D eigenvalue weighted by Crippen LogP contribution is 2.24. The minimum Gasteiger partial charge on any atom is -0.338 e. The van der Waals surface area contributed by atoms with Crippen LogP contribution in [0.2, 0.25) is 5.02 Å². The summed E-state index contributed by atoms with van der Waals surface area (Å²) in [6, 6.07) is 6.38. The zero-order chi connectivity index (χ0) is 12.4. The van der Waals surface area contributed by atoms with Gasteiger partial charge in [0.15, 0.2) is 0 Å². The molecule has 2 rings (SSSR count). The predicted molar refractivity (Wildman–Crippen MR) is 71.4 cm³/mol. The average molecular weight is 316 g/mol. The first kappa shape index (κ1) is 12.3. The molecular formula is C12H9BrClFN2. The smallest absolute Gasteiger partial charge is 0.148 e. The molecule has 0 bridgehead atoms. The minimum absolute atomic E-state index is 0.354. The number of aryl methyl sites for hydroxylation is 1. The van der Waals surface area contributed by atoms with Crippen LogP contribution in [-0.2, 0) is 0 Å². The summed E-state index contributed by atoms with van der Waals surface area (Å²) in [5, 5.41) is 3.30. The summed E-state index contributed by atoms with van der Waals surface area (Å²) >= 11 is 9.01. The summed E-state index contributed by atoms with van der Waals surface area (Å²) in [5.41, 5.74) is 1.28. The maximum absolute atomic E-state index is 13.6. The van der Waals surface area contributed by atoms with E-state index in [1.807, 2.05) is 13.0 Å². The van der Waals surface area contributed by atoms with Crippen molar-refractivity contribution in [3.63, 3.8) is 0 Å². The van der Waals surface area contributed by atoms with E-state index in [-0.39, 0.29) is 0 Å². The van der Waals surface area contributed by atoms with Crippen molar-refractivity contribution < 1.29 is 4.39 Å². The first-order valence-electron chi connectivity index (χ1n) is 4.90. The molecule has 0 spiro atoms. The van der Waals surface area contributed by atoms with Crippen molar-refractivity contribution in [3.8, 4) is 0 Å². The molecule has 88 valence electrons. The van der Waals surface area contributed by atoms with E-state index in [2.05, 4.69) is 26.2 Å². The van der Waals surface area contributed by atoms with E-state index in [0.29, 0.717) is 16.5 Å². The number of benzene rings is 1. The molecule has 17 heavy (non-hydrogen) atoms. The van der Waals surface area contributed by atoms with Gasteiger partial charge in [0.25, 0.3) is 0 Å². The van der Waals surface area contributed by atoms with Gasteiger partial charge in [-0.2, -0.15) is 0 Å². The van der Waals surface area contributed by atoms with Gasteiger partial charge in [0, 0.05) is 15.7 Å². The summed E-state index contributed by atoms with van der Waals surface area (Å²) in [4.78, 5) is 4.18. The quantitative estimate of drug-likeness (QED) is 0.869. The molecule has 0 radical (unpaired) electrons. The van der Waals surface area contributed by atoms with E-state index in [9.17, 15) is 4.39 Å². The highest BCUT2D eigenvalue weighted by Gasteiger charge is 2.06. The molecule has 2 aromatic rings. The number of nitrogens with zero attached hydrogens (tertiary/aromatic N) is 1. The molecule has 1 aromatic carbocycles. The molecule has 0 saturated carbocycles. The third kappa shape index (κ3) is 2.96. The van der Waals surface area contributed by atoms with Crippen molar-refractivity contribution in [1.29, 1.82) is 0 Å². The first-order valence-corrected chi connectivity index (χ1v) is 6.07. The summed E-state index contributed by atoms with van der Waals surface area (Å²) in [6.45, 7) is 1.90. The monoisotopic (exact) mass is 314 g/mol. The maximum Gasteiger partial charge on any atom is 0.148 e. The normalized spacial score (nSPS) is 10.4. The number of aromatic nitrogens is 1. The second kappa shape index (κ2) is 5.02. The summed E-state index contributed by atoms with van der Waals surface area (Å²) in [7, 11) is 0. The van der Waals surface area contributed by atoms with Crippen LogP contribution in [0.5, 0.6) is 0 Å².